The Balaban J connectivity index is 1.79. The highest BCUT2D eigenvalue weighted by Crippen LogP contribution is 2.53. The molecular formula is C27H26ClN3O3. The average Bonchev–Trinajstić information content (AvgIpc) is 2.76. The number of nitrogens with one attached hydrogen (secondary N) is 1. The molecule has 174 valence electrons. The van der Waals surface area contributed by atoms with E-state index in [2.05, 4.69) is 37.4 Å². The lowest BCUT2D eigenvalue weighted by Crippen LogP contribution is -2.33. The lowest BCUT2D eigenvalue weighted by Gasteiger charge is -2.40. The second-order valence-electron chi connectivity index (χ2n) is 10.1. The Bertz CT molecular complexity index is 1410. The Morgan fingerprint density at radius 3 is 2.56 bits per heavy atom. The van der Waals surface area contributed by atoms with E-state index in [4.69, 9.17) is 11.6 Å². The van der Waals surface area contributed by atoms with Crippen molar-refractivity contribution >= 4 is 50.8 Å². The molecule has 0 amide bonds. The molecule has 5 rings (SSSR count). The van der Waals surface area contributed by atoms with Gasteiger partial charge in [0.05, 0.1) is 11.0 Å². The third-order valence-electron chi connectivity index (χ3n) is 6.82. The number of carbonyl (C=O) groups excluding carboxylic acids is 1. The summed E-state index contributed by atoms with van der Waals surface area (Å²) in [5.74, 6) is 0.0535. The fraction of sp³-hybridized carbons (Fsp3) is 0.296. The summed E-state index contributed by atoms with van der Waals surface area (Å²) in [7, 11) is 3.48. The van der Waals surface area contributed by atoms with Crippen LogP contribution >= 0.6 is 11.6 Å². The Labute approximate surface area is 203 Å². The van der Waals surface area contributed by atoms with Crippen LogP contribution in [0.5, 0.6) is 0 Å². The van der Waals surface area contributed by atoms with Crippen LogP contribution in [0.2, 0.25) is 5.02 Å². The van der Waals surface area contributed by atoms with E-state index in [0.717, 1.165) is 34.0 Å². The molecule has 1 aliphatic carbocycles. The SMILES string of the molecule is CN(C)c1cc(Cl)c([C@@H]2Nc3ccc4ccccc4c3C3=C2C(=O)CC(C)(C)C3)cc1[N+](=O)[O-]. The molecule has 0 unspecified atom stereocenters. The van der Waals surface area contributed by atoms with Crippen LogP contribution in [0, 0.1) is 15.5 Å². The van der Waals surface area contributed by atoms with Gasteiger partial charge in [0, 0.05) is 54.0 Å². The van der Waals surface area contributed by atoms with Crippen molar-refractivity contribution in [3.63, 3.8) is 0 Å². The molecule has 1 atom stereocenters. The van der Waals surface area contributed by atoms with Crippen LogP contribution in [0.4, 0.5) is 17.1 Å². The summed E-state index contributed by atoms with van der Waals surface area (Å²) < 4.78 is 0. The van der Waals surface area contributed by atoms with Crippen LogP contribution in [0.3, 0.4) is 0 Å². The first kappa shape index (κ1) is 22.4. The molecule has 1 N–H and O–H groups in total. The molecule has 34 heavy (non-hydrogen) atoms. The maximum Gasteiger partial charge on any atom is 0.292 e. The summed E-state index contributed by atoms with van der Waals surface area (Å²) in [6, 6.07) is 14.8. The third-order valence-corrected chi connectivity index (χ3v) is 7.15. The second-order valence-corrected chi connectivity index (χ2v) is 10.5. The van der Waals surface area contributed by atoms with Crippen molar-refractivity contribution < 1.29 is 9.72 Å². The number of fused-ring (bicyclic) bond motifs is 4. The maximum absolute atomic E-state index is 13.6. The van der Waals surface area contributed by atoms with Gasteiger partial charge in [-0.25, -0.2) is 0 Å². The molecule has 0 fully saturated rings. The van der Waals surface area contributed by atoms with Gasteiger partial charge in [0.1, 0.15) is 5.69 Å². The van der Waals surface area contributed by atoms with Gasteiger partial charge in [0.15, 0.2) is 5.78 Å². The standard InChI is InChI=1S/C27H26ClN3O3/c1-27(2)13-18-24-16-8-6-5-7-15(16)9-10-20(24)29-26(25(18)23(32)14-27)17-11-22(31(33)34)21(30(3)4)12-19(17)28/h5-12,26,29H,13-14H2,1-4H3/t26-/m0/s1. The molecule has 6 nitrogen and oxygen atoms in total. The lowest BCUT2D eigenvalue weighted by atomic mass is 9.68. The predicted octanol–water partition coefficient (Wildman–Crippen LogP) is 6.78. The molecule has 0 radical (unpaired) electrons. The van der Waals surface area contributed by atoms with Gasteiger partial charge in [0.2, 0.25) is 0 Å². The Kier molecular flexibility index (Phi) is 5.17. The molecule has 1 heterocycles. The van der Waals surface area contributed by atoms with Gasteiger partial charge in [-0.15, -0.1) is 0 Å². The van der Waals surface area contributed by atoms with E-state index in [-0.39, 0.29) is 16.9 Å². The number of allylic oxidation sites excluding steroid dienone is 1. The molecule has 2 aliphatic rings. The number of hydrogen-bond donors (Lipinski definition) is 1. The first-order valence-electron chi connectivity index (χ1n) is 11.3. The van der Waals surface area contributed by atoms with Gasteiger partial charge in [-0.3, -0.25) is 14.9 Å². The summed E-state index contributed by atoms with van der Waals surface area (Å²) in [5, 5.41) is 18.0. The van der Waals surface area contributed by atoms with Crippen molar-refractivity contribution in [3.05, 3.63) is 80.4 Å². The summed E-state index contributed by atoms with van der Waals surface area (Å²) >= 11 is 6.72. The van der Waals surface area contributed by atoms with E-state index in [1.807, 2.05) is 18.2 Å². The van der Waals surface area contributed by atoms with Crippen molar-refractivity contribution in [3.8, 4) is 0 Å². The van der Waals surface area contributed by atoms with Crippen molar-refractivity contribution in [1.82, 2.24) is 0 Å². The zero-order chi connectivity index (χ0) is 24.4. The zero-order valence-electron chi connectivity index (χ0n) is 19.6. The van der Waals surface area contributed by atoms with E-state index < -0.39 is 11.0 Å². The minimum Gasteiger partial charge on any atom is -0.373 e. The number of carbonyl (C=O) groups is 1. The molecule has 1 aliphatic heterocycles. The van der Waals surface area contributed by atoms with E-state index in [1.165, 1.54) is 6.07 Å². The highest BCUT2D eigenvalue weighted by molar-refractivity contribution is 6.32. The van der Waals surface area contributed by atoms with Crippen LogP contribution < -0.4 is 10.2 Å². The van der Waals surface area contributed by atoms with Gasteiger partial charge in [-0.1, -0.05) is 55.8 Å². The zero-order valence-corrected chi connectivity index (χ0v) is 20.4. The Hall–Kier alpha value is -3.38. The van der Waals surface area contributed by atoms with Gasteiger partial charge in [-0.2, -0.15) is 0 Å². The van der Waals surface area contributed by atoms with Gasteiger partial charge >= 0.3 is 0 Å². The van der Waals surface area contributed by atoms with Crippen LogP contribution in [0.1, 0.15) is 43.9 Å². The van der Waals surface area contributed by atoms with E-state index >= 15 is 0 Å². The number of halogens is 1. The topological polar surface area (TPSA) is 75.5 Å². The summed E-state index contributed by atoms with van der Waals surface area (Å²) in [6.07, 6.45) is 1.16. The minimum atomic E-state index is -0.560. The Morgan fingerprint density at radius 2 is 1.85 bits per heavy atom. The number of nitro benzene ring substituents is 1. The molecule has 7 heteroatoms. The van der Waals surface area contributed by atoms with Crippen molar-refractivity contribution in [1.29, 1.82) is 0 Å². The number of hydrogen-bond acceptors (Lipinski definition) is 5. The third kappa shape index (κ3) is 3.53. The predicted molar refractivity (Wildman–Crippen MR) is 138 cm³/mol. The average molecular weight is 476 g/mol. The molecule has 3 aromatic carbocycles. The van der Waals surface area contributed by atoms with Crippen molar-refractivity contribution in [2.45, 2.75) is 32.7 Å². The van der Waals surface area contributed by atoms with Crippen molar-refractivity contribution in [2.75, 3.05) is 24.3 Å². The van der Waals surface area contributed by atoms with Crippen molar-refractivity contribution in [2.24, 2.45) is 5.41 Å². The number of anilines is 2. The number of nitro groups is 1. The molecule has 0 spiro atoms. The number of Topliss-reactive ketones (excluding diaryl/α,β-unsaturated/α-hetero) is 1. The number of rotatable bonds is 3. The molecule has 0 aromatic heterocycles. The quantitative estimate of drug-likeness (QED) is 0.334. The summed E-state index contributed by atoms with van der Waals surface area (Å²) in [5.41, 5.74) is 4.36. The molecule has 0 saturated carbocycles. The van der Waals surface area contributed by atoms with Crippen LogP contribution in [-0.2, 0) is 4.79 Å². The van der Waals surface area contributed by atoms with Crippen LogP contribution in [0.15, 0.2) is 54.1 Å². The molecule has 0 saturated heterocycles. The van der Waals surface area contributed by atoms with Gasteiger partial charge in [0.25, 0.3) is 5.69 Å². The summed E-state index contributed by atoms with van der Waals surface area (Å²) in [4.78, 5) is 26.7. The largest absolute Gasteiger partial charge is 0.373 e. The smallest absolute Gasteiger partial charge is 0.292 e. The number of benzene rings is 3. The Morgan fingerprint density at radius 1 is 1.12 bits per heavy atom. The maximum atomic E-state index is 13.6. The highest BCUT2D eigenvalue weighted by atomic mass is 35.5. The minimum absolute atomic E-state index is 0.0405. The molecule has 3 aromatic rings. The van der Waals surface area contributed by atoms with Gasteiger partial charge in [-0.05, 0) is 40.3 Å². The molecular weight excluding hydrogens is 450 g/mol. The first-order valence-corrected chi connectivity index (χ1v) is 11.7. The first-order chi connectivity index (χ1) is 16.1. The summed E-state index contributed by atoms with van der Waals surface area (Å²) in [6.45, 7) is 4.22. The normalized spacial score (nSPS) is 18.9. The fourth-order valence-electron chi connectivity index (χ4n) is 5.36. The van der Waals surface area contributed by atoms with E-state index in [9.17, 15) is 14.9 Å². The van der Waals surface area contributed by atoms with Crippen LogP contribution in [-0.4, -0.2) is 24.8 Å². The monoisotopic (exact) mass is 475 g/mol. The lowest BCUT2D eigenvalue weighted by molar-refractivity contribution is -0.384. The van der Waals surface area contributed by atoms with E-state index in [1.54, 1.807) is 25.1 Å². The second kappa shape index (κ2) is 7.84. The highest BCUT2D eigenvalue weighted by Gasteiger charge is 2.41. The van der Waals surface area contributed by atoms with E-state index in [0.29, 0.717) is 28.3 Å². The fourth-order valence-corrected chi connectivity index (χ4v) is 5.63. The number of nitrogens with zero attached hydrogens (tertiary/aromatic N) is 2. The van der Waals surface area contributed by atoms with Gasteiger partial charge < -0.3 is 10.2 Å². The number of ketones is 1. The molecule has 0 bridgehead atoms. The van der Waals surface area contributed by atoms with Crippen LogP contribution in [0.25, 0.3) is 16.3 Å².